The van der Waals surface area contributed by atoms with E-state index in [-0.39, 0.29) is 5.76 Å². The Morgan fingerprint density at radius 3 is 2.26 bits per heavy atom. The number of hydrogen-bond donors (Lipinski definition) is 6. The van der Waals surface area contributed by atoms with Crippen molar-refractivity contribution >= 4 is 16.9 Å². The first-order chi connectivity index (χ1) is 16.1. The lowest BCUT2D eigenvalue weighted by Gasteiger charge is -2.38. The lowest BCUT2D eigenvalue weighted by Crippen LogP contribution is -2.61. The highest BCUT2D eigenvalue weighted by molar-refractivity contribution is 5.94. The average molecular weight is 476 g/mol. The van der Waals surface area contributed by atoms with Gasteiger partial charge in [-0.2, -0.15) is 0 Å². The summed E-state index contributed by atoms with van der Waals surface area (Å²) >= 11 is 0. The maximum absolute atomic E-state index is 12.7. The fourth-order valence-corrected chi connectivity index (χ4v) is 3.63. The number of benzene rings is 2. The molecule has 1 aliphatic heterocycles. The van der Waals surface area contributed by atoms with Crippen LogP contribution in [0.2, 0.25) is 0 Å². The van der Waals surface area contributed by atoms with Crippen LogP contribution in [0.1, 0.15) is 0 Å². The van der Waals surface area contributed by atoms with Gasteiger partial charge in [0.25, 0.3) is 0 Å². The van der Waals surface area contributed by atoms with Crippen LogP contribution in [0, 0.1) is 0 Å². The number of aliphatic carboxylic acids is 1. The van der Waals surface area contributed by atoms with Crippen molar-refractivity contribution in [2.24, 2.45) is 0 Å². The van der Waals surface area contributed by atoms with E-state index in [0.29, 0.717) is 5.56 Å². The largest absolute Gasteiger partial charge is 0.504 e. The summed E-state index contributed by atoms with van der Waals surface area (Å²) in [5, 5.41) is 60.4. The van der Waals surface area contributed by atoms with Crippen molar-refractivity contribution in [2.45, 2.75) is 30.7 Å². The fraction of sp³-hybridized carbons (Fsp3) is 0.273. The van der Waals surface area contributed by atoms with E-state index in [1.54, 1.807) is 30.3 Å². The molecule has 0 unspecified atom stereocenters. The molecule has 6 N–H and O–H groups in total. The van der Waals surface area contributed by atoms with Crippen LogP contribution in [0.25, 0.3) is 22.3 Å². The van der Waals surface area contributed by atoms with Crippen LogP contribution in [-0.4, -0.2) is 74.4 Å². The van der Waals surface area contributed by atoms with Crippen molar-refractivity contribution in [3.63, 3.8) is 0 Å². The molecule has 1 fully saturated rings. The van der Waals surface area contributed by atoms with Crippen molar-refractivity contribution in [3.8, 4) is 34.3 Å². The molecule has 2 aromatic carbocycles. The van der Waals surface area contributed by atoms with Crippen molar-refractivity contribution in [1.82, 2.24) is 0 Å². The third kappa shape index (κ3) is 3.78. The second-order valence-electron chi connectivity index (χ2n) is 7.46. The number of phenolic OH excluding ortho intramolecular Hbond substituents is 2. The predicted molar refractivity (Wildman–Crippen MR) is 113 cm³/mol. The molecule has 0 aliphatic carbocycles. The number of carbonyl (C=O) groups is 1. The number of aromatic hydroxyl groups is 2. The summed E-state index contributed by atoms with van der Waals surface area (Å²) < 4.78 is 21.2. The molecule has 5 atom stereocenters. The van der Waals surface area contributed by atoms with Crippen molar-refractivity contribution in [1.29, 1.82) is 0 Å². The summed E-state index contributed by atoms with van der Waals surface area (Å²) in [4.78, 5) is 24.1. The summed E-state index contributed by atoms with van der Waals surface area (Å²) in [6.07, 6.45) is -9.83. The van der Waals surface area contributed by atoms with Crippen LogP contribution in [0.15, 0.2) is 45.6 Å². The number of carboxylic acid groups (broad SMARTS) is 1. The van der Waals surface area contributed by atoms with Crippen molar-refractivity contribution < 1.29 is 54.1 Å². The molecule has 12 nitrogen and oxygen atoms in total. The van der Waals surface area contributed by atoms with E-state index in [1.165, 1.54) is 0 Å². The van der Waals surface area contributed by atoms with Crippen LogP contribution < -0.4 is 14.9 Å². The zero-order valence-electron chi connectivity index (χ0n) is 17.5. The summed E-state index contributed by atoms with van der Waals surface area (Å²) in [7, 11) is 1.09. The molecule has 4 rings (SSSR count). The smallest absolute Gasteiger partial charge is 0.335 e. The number of fused-ring (bicyclic) bond motifs is 1. The molecular formula is C22H20O12. The molecule has 0 amide bonds. The molecule has 3 aromatic rings. The molecule has 0 bridgehead atoms. The molecule has 2 heterocycles. The van der Waals surface area contributed by atoms with E-state index in [4.69, 9.17) is 18.6 Å². The second-order valence-corrected chi connectivity index (χ2v) is 7.46. The highest BCUT2D eigenvalue weighted by atomic mass is 16.7. The highest BCUT2D eigenvalue weighted by Gasteiger charge is 2.48. The Morgan fingerprint density at radius 2 is 1.65 bits per heavy atom. The third-order valence-electron chi connectivity index (χ3n) is 5.35. The van der Waals surface area contributed by atoms with E-state index in [1.807, 2.05) is 0 Å². The Morgan fingerprint density at radius 1 is 0.971 bits per heavy atom. The first-order valence-electron chi connectivity index (χ1n) is 9.90. The van der Waals surface area contributed by atoms with Crippen LogP contribution in [0.5, 0.6) is 23.0 Å². The molecule has 1 aromatic heterocycles. The molecule has 180 valence electrons. The Kier molecular flexibility index (Phi) is 6.06. The summed E-state index contributed by atoms with van der Waals surface area (Å²) in [6, 6.07) is 9.54. The standard InChI is InChI=1S/C22H20O12/c1-31-18-12(24)11-9(23)7-10(8-5-3-2-4-6-8)32-17(11)16(28)19(18)33-22-15(27)13(25)14(26)20(34-22)21(29)30/h2-7,13-15,20,22,24-28H,1H3,(H,29,30)/t13-,14-,15+,20-,22+/m0/s1. The molecule has 12 heteroatoms. The first kappa shape index (κ1) is 23.3. The Balaban J connectivity index is 1.86. The van der Waals surface area contributed by atoms with Gasteiger partial charge in [-0.15, -0.1) is 0 Å². The lowest BCUT2D eigenvalue weighted by atomic mass is 9.99. The summed E-state index contributed by atoms with van der Waals surface area (Å²) in [6.45, 7) is 0. The number of aliphatic hydroxyl groups is 3. The lowest BCUT2D eigenvalue weighted by molar-refractivity contribution is -0.271. The van der Waals surface area contributed by atoms with Gasteiger partial charge in [0.1, 0.15) is 29.5 Å². The number of carboxylic acids is 1. The molecule has 0 radical (unpaired) electrons. The van der Waals surface area contributed by atoms with E-state index in [2.05, 4.69) is 0 Å². The monoisotopic (exact) mass is 476 g/mol. The maximum atomic E-state index is 12.7. The van der Waals surface area contributed by atoms with E-state index >= 15 is 0 Å². The average Bonchev–Trinajstić information content (AvgIpc) is 2.82. The van der Waals surface area contributed by atoms with Crippen molar-refractivity contribution in [2.75, 3.05) is 7.11 Å². The van der Waals surface area contributed by atoms with E-state index in [0.717, 1.165) is 13.2 Å². The summed E-state index contributed by atoms with van der Waals surface area (Å²) in [5.74, 6) is -4.40. The number of methoxy groups -OCH3 is 1. The quantitative estimate of drug-likeness (QED) is 0.273. The number of hydrogen-bond acceptors (Lipinski definition) is 11. The predicted octanol–water partition coefficient (Wildman–Crippen LogP) is 0.151. The van der Waals surface area contributed by atoms with E-state index < -0.39 is 76.1 Å². The number of rotatable bonds is 5. The Bertz CT molecular complexity index is 1280. The van der Waals surface area contributed by atoms with Crippen molar-refractivity contribution in [3.05, 3.63) is 46.6 Å². The topological polar surface area (TPSA) is 196 Å². The van der Waals surface area contributed by atoms with Gasteiger partial charge in [-0.1, -0.05) is 30.3 Å². The van der Waals surface area contributed by atoms with Gasteiger partial charge in [0.2, 0.25) is 23.5 Å². The maximum Gasteiger partial charge on any atom is 0.335 e. The van der Waals surface area contributed by atoms with Gasteiger partial charge in [-0.05, 0) is 0 Å². The zero-order valence-corrected chi connectivity index (χ0v) is 17.5. The number of phenols is 2. The fourth-order valence-electron chi connectivity index (χ4n) is 3.63. The zero-order chi connectivity index (χ0) is 24.7. The molecule has 1 saturated heterocycles. The molecule has 1 aliphatic rings. The molecule has 0 saturated carbocycles. The van der Waals surface area contributed by atoms with Gasteiger partial charge in [-0.25, -0.2) is 4.79 Å². The van der Waals surface area contributed by atoms with Gasteiger partial charge >= 0.3 is 5.97 Å². The normalized spacial score (nSPS) is 24.6. The van der Waals surface area contributed by atoms with Gasteiger partial charge in [0.15, 0.2) is 22.9 Å². The Labute approximate surface area is 190 Å². The van der Waals surface area contributed by atoms with Crippen LogP contribution >= 0.6 is 0 Å². The second kappa shape index (κ2) is 8.83. The van der Waals surface area contributed by atoms with Gasteiger partial charge in [0.05, 0.1) is 7.11 Å². The molecular weight excluding hydrogens is 456 g/mol. The highest BCUT2D eigenvalue weighted by Crippen LogP contribution is 2.50. The minimum Gasteiger partial charge on any atom is -0.504 e. The molecule has 34 heavy (non-hydrogen) atoms. The van der Waals surface area contributed by atoms with E-state index in [9.17, 15) is 40.2 Å². The van der Waals surface area contributed by atoms with Gasteiger partial charge in [-0.3, -0.25) is 4.79 Å². The number of ether oxygens (including phenoxy) is 3. The Hall–Kier alpha value is -3.84. The van der Waals surface area contributed by atoms with Gasteiger partial charge in [0, 0.05) is 11.6 Å². The third-order valence-corrected chi connectivity index (χ3v) is 5.35. The minimum absolute atomic E-state index is 0.0577. The number of aliphatic hydroxyl groups excluding tert-OH is 3. The van der Waals surface area contributed by atoms with Crippen LogP contribution in [-0.2, 0) is 9.53 Å². The molecule has 0 spiro atoms. The van der Waals surface area contributed by atoms with Crippen LogP contribution in [0.4, 0.5) is 0 Å². The summed E-state index contributed by atoms with van der Waals surface area (Å²) in [5.41, 5.74) is -0.706. The van der Waals surface area contributed by atoms with Gasteiger partial charge < -0.3 is 49.3 Å². The van der Waals surface area contributed by atoms with Crippen LogP contribution in [0.3, 0.4) is 0 Å². The SMILES string of the molecule is COc1c(O[C@@H]2O[C@H](C(=O)O)[C@@H](O)[C@H](O)[C@H]2O)c(O)c2oc(-c3ccccc3)cc(=O)c2c1O. The minimum atomic E-state index is -1.98. The first-order valence-corrected chi connectivity index (χ1v) is 9.90.